The Morgan fingerprint density at radius 1 is 1.11 bits per heavy atom. The van der Waals surface area contributed by atoms with Crippen LogP contribution >= 0.6 is 11.8 Å². The van der Waals surface area contributed by atoms with Gasteiger partial charge in [0.2, 0.25) is 11.8 Å². The number of aromatic nitrogens is 4. The summed E-state index contributed by atoms with van der Waals surface area (Å²) in [4.78, 5) is 23.4. The van der Waals surface area contributed by atoms with Crippen molar-refractivity contribution in [2.45, 2.75) is 31.7 Å². The first-order chi connectivity index (χ1) is 12.9. The SMILES string of the molecule is CC(=O)Nc1cccc(NC(=O)CSc2ccc3nnc(C(C)C)n3n2)c1. The van der Waals surface area contributed by atoms with Gasteiger partial charge >= 0.3 is 0 Å². The predicted octanol–water partition coefficient (Wildman–Crippen LogP) is 2.94. The van der Waals surface area contributed by atoms with Gasteiger partial charge in [-0.3, -0.25) is 9.59 Å². The van der Waals surface area contributed by atoms with E-state index in [1.165, 1.54) is 18.7 Å². The monoisotopic (exact) mass is 384 g/mol. The Hall–Kier alpha value is -2.94. The first-order valence-electron chi connectivity index (χ1n) is 8.45. The van der Waals surface area contributed by atoms with Gasteiger partial charge < -0.3 is 10.6 Å². The fraction of sp³-hybridized carbons (Fsp3) is 0.278. The van der Waals surface area contributed by atoms with Gasteiger partial charge in [-0.25, -0.2) is 0 Å². The highest BCUT2D eigenvalue weighted by Crippen LogP contribution is 2.19. The van der Waals surface area contributed by atoms with E-state index in [0.717, 1.165) is 5.82 Å². The summed E-state index contributed by atoms with van der Waals surface area (Å²) in [6.45, 7) is 5.49. The lowest BCUT2D eigenvalue weighted by Gasteiger charge is -2.08. The van der Waals surface area contributed by atoms with E-state index in [2.05, 4.69) is 25.9 Å². The van der Waals surface area contributed by atoms with Gasteiger partial charge in [-0.2, -0.15) is 9.61 Å². The van der Waals surface area contributed by atoms with Crippen LogP contribution in [0.15, 0.2) is 41.4 Å². The van der Waals surface area contributed by atoms with Crippen LogP contribution in [0.3, 0.4) is 0 Å². The maximum absolute atomic E-state index is 12.2. The van der Waals surface area contributed by atoms with Crippen molar-refractivity contribution < 1.29 is 9.59 Å². The number of carbonyl (C=O) groups excluding carboxylic acids is 2. The molecule has 2 N–H and O–H groups in total. The molecule has 0 aliphatic heterocycles. The number of anilines is 2. The molecule has 140 valence electrons. The Morgan fingerprint density at radius 3 is 2.56 bits per heavy atom. The van der Waals surface area contributed by atoms with E-state index >= 15 is 0 Å². The third-order valence-corrected chi connectivity index (χ3v) is 4.52. The number of thioether (sulfide) groups is 1. The predicted molar refractivity (Wildman–Crippen MR) is 105 cm³/mol. The number of benzene rings is 1. The Kier molecular flexibility index (Phi) is 5.70. The number of nitrogens with one attached hydrogen (secondary N) is 2. The normalized spacial score (nSPS) is 11.0. The molecular formula is C18H20N6O2S. The molecule has 2 amide bonds. The fourth-order valence-corrected chi connectivity index (χ4v) is 3.09. The third-order valence-electron chi connectivity index (χ3n) is 3.60. The minimum Gasteiger partial charge on any atom is -0.326 e. The number of rotatable bonds is 6. The number of hydrogen-bond donors (Lipinski definition) is 2. The second-order valence-electron chi connectivity index (χ2n) is 6.25. The quantitative estimate of drug-likeness (QED) is 0.634. The molecule has 1 aromatic carbocycles. The van der Waals surface area contributed by atoms with E-state index in [4.69, 9.17) is 0 Å². The Bertz CT molecular complexity index is 985. The molecule has 0 radical (unpaired) electrons. The number of carbonyl (C=O) groups is 2. The van der Waals surface area contributed by atoms with Gasteiger partial charge in [0, 0.05) is 24.2 Å². The van der Waals surface area contributed by atoms with Gasteiger partial charge in [0.25, 0.3) is 0 Å². The van der Waals surface area contributed by atoms with E-state index in [1.54, 1.807) is 28.8 Å². The average Bonchev–Trinajstić information content (AvgIpc) is 3.03. The third kappa shape index (κ3) is 4.82. The summed E-state index contributed by atoms with van der Waals surface area (Å²) >= 11 is 1.33. The molecule has 0 saturated carbocycles. The molecule has 3 aromatic rings. The van der Waals surface area contributed by atoms with Crippen molar-refractivity contribution in [1.29, 1.82) is 0 Å². The van der Waals surface area contributed by atoms with Crippen molar-refractivity contribution in [1.82, 2.24) is 19.8 Å². The molecule has 0 aliphatic rings. The van der Waals surface area contributed by atoms with Gasteiger partial charge in [-0.15, -0.1) is 10.2 Å². The van der Waals surface area contributed by atoms with E-state index < -0.39 is 0 Å². The molecule has 8 nitrogen and oxygen atoms in total. The molecule has 27 heavy (non-hydrogen) atoms. The van der Waals surface area contributed by atoms with Crippen LogP contribution in [-0.4, -0.2) is 37.4 Å². The summed E-state index contributed by atoms with van der Waals surface area (Å²) in [7, 11) is 0. The summed E-state index contributed by atoms with van der Waals surface area (Å²) in [5, 5.41) is 19.0. The zero-order chi connectivity index (χ0) is 19.4. The molecule has 0 fully saturated rings. The number of nitrogens with zero attached hydrogens (tertiary/aromatic N) is 4. The molecule has 2 heterocycles. The lowest BCUT2D eigenvalue weighted by molar-refractivity contribution is -0.114. The topological polar surface area (TPSA) is 101 Å². The summed E-state index contributed by atoms with van der Waals surface area (Å²) in [5.41, 5.74) is 1.94. The molecule has 0 bridgehead atoms. The zero-order valence-corrected chi connectivity index (χ0v) is 16.1. The highest BCUT2D eigenvalue weighted by Gasteiger charge is 2.12. The van der Waals surface area contributed by atoms with E-state index in [-0.39, 0.29) is 23.5 Å². The average molecular weight is 384 g/mol. The lowest BCUT2D eigenvalue weighted by atomic mass is 10.2. The lowest BCUT2D eigenvalue weighted by Crippen LogP contribution is -2.14. The summed E-state index contributed by atoms with van der Waals surface area (Å²) < 4.78 is 1.71. The molecular weight excluding hydrogens is 364 g/mol. The van der Waals surface area contributed by atoms with E-state index in [9.17, 15) is 9.59 Å². The van der Waals surface area contributed by atoms with E-state index in [1.807, 2.05) is 26.0 Å². The van der Waals surface area contributed by atoms with Gasteiger partial charge in [-0.05, 0) is 30.3 Å². The first kappa shape index (κ1) is 18.8. The Balaban J connectivity index is 1.63. The fourth-order valence-electron chi connectivity index (χ4n) is 2.44. The van der Waals surface area contributed by atoms with Crippen LogP contribution in [0, 0.1) is 0 Å². The zero-order valence-electron chi connectivity index (χ0n) is 15.3. The van der Waals surface area contributed by atoms with Gasteiger partial charge in [0.05, 0.1) is 5.75 Å². The molecule has 0 saturated heterocycles. The number of amides is 2. The van der Waals surface area contributed by atoms with Crippen LogP contribution in [0.1, 0.15) is 32.5 Å². The largest absolute Gasteiger partial charge is 0.326 e. The molecule has 9 heteroatoms. The molecule has 0 aliphatic carbocycles. The van der Waals surface area contributed by atoms with Crippen molar-refractivity contribution in [3.05, 3.63) is 42.2 Å². The maximum Gasteiger partial charge on any atom is 0.234 e. The van der Waals surface area contributed by atoms with Crippen LogP contribution in [0.25, 0.3) is 5.65 Å². The first-order valence-corrected chi connectivity index (χ1v) is 9.43. The summed E-state index contributed by atoms with van der Waals surface area (Å²) in [5.74, 6) is 0.876. The van der Waals surface area contributed by atoms with E-state index in [0.29, 0.717) is 22.0 Å². The molecule has 0 unspecified atom stereocenters. The van der Waals surface area contributed by atoms with Crippen molar-refractivity contribution in [2.75, 3.05) is 16.4 Å². The number of fused-ring (bicyclic) bond motifs is 1. The summed E-state index contributed by atoms with van der Waals surface area (Å²) in [6, 6.07) is 10.7. The van der Waals surface area contributed by atoms with Crippen LogP contribution < -0.4 is 10.6 Å². The maximum atomic E-state index is 12.2. The smallest absolute Gasteiger partial charge is 0.234 e. The van der Waals surface area contributed by atoms with Gasteiger partial charge in [-0.1, -0.05) is 31.7 Å². The highest BCUT2D eigenvalue weighted by molar-refractivity contribution is 7.99. The van der Waals surface area contributed by atoms with Crippen LogP contribution in [-0.2, 0) is 9.59 Å². The second kappa shape index (κ2) is 8.17. The Labute approximate surface area is 160 Å². The molecule has 0 spiro atoms. The standard InChI is InChI=1S/C18H20N6O2S/c1-11(2)18-22-21-15-7-8-17(23-24(15)18)27-10-16(26)20-14-6-4-5-13(9-14)19-12(3)25/h4-9,11H,10H2,1-3H3,(H,19,25)(H,20,26). The minimum absolute atomic E-state index is 0.158. The van der Waals surface area contributed by atoms with Gasteiger partial charge in [0.1, 0.15) is 5.03 Å². The van der Waals surface area contributed by atoms with Crippen LogP contribution in [0.4, 0.5) is 11.4 Å². The van der Waals surface area contributed by atoms with Crippen LogP contribution in [0.5, 0.6) is 0 Å². The van der Waals surface area contributed by atoms with Crippen molar-refractivity contribution in [3.8, 4) is 0 Å². The second-order valence-corrected chi connectivity index (χ2v) is 7.25. The Morgan fingerprint density at radius 2 is 1.85 bits per heavy atom. The number of hydrogen-bond acceptors (Lipinski definition) is 6. The molecule has 3 rings (SSSR count). The van der Waals surface area contributed by atoms with Crippen molar-refractivity contribution >= 4 is 40.6 Å². The van der Waals surface area contributed by atoms with Crippen molar-refractivity contribution in [3.63, 3.8) is 0 Å². The molecule has 2 aromatic heterocycles. The minimum atomic E-state index is -0.162. The molecule has 0 atom stereocenters. The highest BCUT2D eigenvalue weighted by atomic mass is 32.2. The summed E-state index contributed by atoms with van der Waals surface area (Å²) in [6.07, 6.45) is 0. The van der Waals surface area contributed by atoms with Gasteiger partial charge in [0.15, 0.2) is 11.5 Å². The van der Waals surface area contributed by atoms with Crippen LogP contribution in [0.2, 0.25) is 0 Å². The van der Waals surface area contributed by atoms with Crippen molar-refractivity contribution in [2.24, 2.45) is 0 Å².